The lowest BCUT2D eigenvalue weighted by Crippen LogP contribution is -2.53. The van der Waals surface area contributed by atoms with E-state index in [9.17, 15) is 17.6 Å². The van der Waals surface area contributed by atoms with Crippen molar-refractivity contribution in [3.8, 4) is 0 Å². The van der Waals surface area contributed by atoms with Crippen LogP contribution in [0.3, 0.4) is 0 Å². The summed E-state index contributed by atoms with van der Waals surface area (Å²) in [6.07, 6.45) is 6.58. The number of sulfone groups is 1. The molecular weight excluding hydrogens is 455 g/mol. The van der Waals surface area contributed by atoms with Crippen molar-refractivity contribution in [3.63, 3.8) is 0 Å². The van der Waals surface area contributed by atoms with Crippen LogP contribution in [0, 0.1) is 11.7 Å². The number of anilines is 1. The van der Waals surface area contributed by atoms with Crippen LogP contribution in [0.1, 0.15) is 62.7 Å². The molecule has 1 aliphatic carbocycles. The lowest BCUT2D eigenvalue weighted by molar-refractivity contribution is -0.138. The number of hydrogen-bond acceptors (Lipinski definition) is 6. The second-order valence-corrected chi connectivity index (χ2v) is 11.3. The fourth-order valence-corrected chi connectivity index (χ4v) is 6.21. The molecule has 5 rings (SSSR count). The third-order valence-corrected chi connectivity index (χ3v) is 8.52. The molecule has 2 aliphatic heterocycles. The van der Waals surface area contributed by atoms with Crippen molar-refractivity contribution in [2.45, 2.75) is 51.5 Å². The SMILES string of the molecule is CC.O=C(C1CCS(=O)(=O)CC1)N1CCN(c2cnc(C3CC3)cn2)CC1c1ccccc1F. The Morgan fingerprint density at radius 1 is 1.00 bits per heavy atom. The molecule has 7 nitrogen and oxygen atoms in total. The van der Waals surface area contributed by atoms with E-state index in [-0.39, 0.29) is 29.1 Å². The first-order chi connectivity index (χ1) is 16.4. The Morgan fingerprint density at radius 2 is 1.71 bits per heavy atom. The van der Waals surface area contributed by atoms with Crippen molar-refractivity contribution in [2.24, 2.45) is 5.92 Å². The first kappa shape index (κ1) is 24.6. The van der Waals surface area contributed by atoms with Crippen molar-refractivity contribution in [1.29, 1.82) is 0 Å². The number of halogens is 1. The number of nitrogens with zero attached hydrogens (tertiary/aromatic N) is 4. The number of amides is 1. The van der Waals surface area contributed by atoms with Gasteiger partial charge in [-0.15, -0.1) is 0 Å². The molecule has 2 aromatic rings. The fraction of sp³-hybridized carbons (Fsp3) is 0.560. The summed E-state index contributed by atoms with van der Waals surface area (Å²) >= 11 is 0. The zero-order chi connectivity index (χ0) is 24.3. The van der Waals surface area contributed by atoms with Gasteiger partial charge in [0.05, 0.1) is 35.6 Å². The average Bonchev–Trinajstić information content (AvgIpc) is 3.71. The molecule has 1 aromatic carbocycles. The van der Waals surface area contributed by atoms with Crippen molar-refractivity contribution in [1.82, 2.24) is 14.9 Å². The van der Waals surface area contributed by atoms with Gasteiger partial charge >= 0.3 is 0 Å². The number of benzene rings is 1. The molecule has 3 heterocycles. The predicted octanol–water partition coefficient (Wildman–Crippen LogP) is 3.73. The van der Waals surface area contributed by atoms with Gasteiger partial charge in [-0.2, -0.15) is 0 Å². The molecule has 1 amide bonds. The van der Waals surface area contributed by atoms with Crippen LogP contribution >= 0.6 is 0 Å². The molecule has 1 atom stereocenters. The van der Waals surface area contributed by atoms with Gasteiger partial charge in [0.15, 0.2) is 0 Å². The largest absolute Gasteiger partial charge is 0.351 e. The van der Waals surface area contributed by atoms with Crippen molar-refractivity contribution in [2.75, 3.05) is 36.0 Å². The topological polar surface area (TPSA) is 83.5 Å². The highest BCUT2D eigenvalue weighted by Gasteiger charge is 2.38. The third kappa shape index (κ3) is 5.40. The highest BCUT2D eigenvalue weighted by Crippen LogP contribution is 2.39. The number of hydrogen-bond donors (Lipinski definition) is 0. The number of piperazine rings is 1. The van der Waals surface area contributed by atoms with Crippen molar-refractivity contribution < 1.29 is 17.6 Å². The quantitative estimate of drug-likeness (QED) is 0.652. The molecule has 3 aliphatic rings. The minimum atomic E-state index is -3.06. The maximum absolute atomic E-state index is 14.8. The van der Waals surface area contributed by atoms with Crippen molar-refractivity contribution >= 4 is 21.6 Å². The number of rotatable bonds is 4. The fourth-order valence-electron chi connectivity index (χ4n) is 4.72. The lowest BCUT2D eigenvalue weighted by atomic mass is 9.96. The molecule has 1 aromatic heterocycles. The van der Waals surface area contributed by atoms with E-state index in [0.29, 0.717) is 44.0 Å². The maximum Gasteiger partial charge on any atom is 0.226 e. The van der Waals surface area contributed by atoms with Crippen LogP contribution in [0.5, 0.6) is 0 Å². The van der Waals surface area contributed by atoms with Gasteiger partial charge in [0.1, 0.15) is 21.5 Å². The summed E-state index contributed by atoms with van der Waals surface area (Å²) in [5, 5.41) is 0. The summed E-state index contributed by atoms with van der Waals surface area (Å²) in [6.45, 7) is 5.40. The molecule has 1 unspecified atom stereocenters. The van der Waals surface area contributed by atoms with Gasteiger partial charge in [0.2, 0.25) is 5.91 Å². The molecular formula is C25H33FN4O3S. The second kappa shape index (κ2) is 10.4. The molecule has 1 saturated carbocycles. The first-order valence-corrected chi connectivity index (χ1v) is 14.1. The number of aromatic nitrogens is 2. The normalized spacial score (nSPS) is 22.6. The van der Waals surface area contributed by atoms with E-state index < -0.39 is 15.9 Å². The maximum atomic E-state index is 14.8. The van der Waals surface area contributed by atoms with E-state index in [4.69, 9.17) is 0 Å². The van der Waals surface area contributed by atoms with E-state index in [1.165, 1.54) is 6.07 Å². The highest BCUT2D eigenvalue weighted by molar-refractivity contribution is 7.91. The summed E-state index contributed by atoms with van der Waals surface area (Å²) in [6, 6.07) is 6.07. The van der Waals surface area contributed by atoms with Crippen molar-refractivity contribution in [3.05, 3.63) is 53.7 Å². The van der Waals surface area contributed by atoms with Gasteiger partial charge in [-0.3, -0.25) is 9.78 Å². The third-order valence-electron chi connectivity index (χ3n) is 6.81. The lowest BCUT2D eigenvalue weighted by Gasteiger charge is -2.43. The van der Waals surface area contributed by atoms with Gasteiger partial charge in [0.25, 0.3) is 0 Å². The van der Waals surface area contributed by atoms with Gasteiger partial charge in [-0.25, -0.2) is 17.8 Å². The van der Waals surface area contributed by atoms with E-state index in [1.54, 1.807) is 29.3 Å². The van der Waals surface area contributed by atoms with E-state index in [2.05, 4.69) is 14.9 Å². The summed E-state index contributed by atoms with van der Waals surface area (Å²) in [4.78, 5) is 26.3. The van der Waals surface area contributed by atoms with Crippen LogP contribution in [0.25, 0.3) is 0 Å². The van der Waals surface area contributed by atoms with E-state index >= 15 is 0 Å². The van der Waals surface area contributed by atoms with Gasteiger partial charge < -0.3 is 9.80 Å². The number of carbonyl (C=O) groups is 1. The first-order valence-electron chi connectivity index (χ1n) is 12.2. The molecule has 0 spiro atoms. The summed E-state index contributed by atoms with van der Waals surface area (Å²) in [5.41, 5.74) is 1.48. The molecule has 0 N–H and O–H groups in total. The molecule has 0 radical (unpaired) electrons. The van der Waals surface area contributed by atoms with Crippen LogP contribution in [0.4, 0.5) is 10.2 Å². The Bertz CT molecular complexity index is 1090. The Hall–Kier alpha value is -2.55. The minimum absolute atomic E-state index is 0.0384. The van der Waals surface area contributed by atoms with Gasteiger partial charge in [-0.1, -0.05) is 32.0 Å². The Balaban J connectivity index is 0.00000133. The van der Waals surface area contributed by atoms with E-state index in [0.717, 1.165) is 24.4 Å². The molecule has 34 heavy (non-hydrogen) atoms. The summed E-state index contributed by atoms with van der Waals surface area (Å²) in [5.74, 6) is 0.564. The zero-order valence-corrected chi connectivity index (χ0v) is 20.7. The predicted molar refractivity (Wildman–Crippen MR) is 130 cm³/mol. The van der Waals surface area contributed by atoms with Gasteiger partial charge in [0, 0.05) is 37.0 Å². The number of carbonyl (C=O) groups excluding carboxylic acids is 1. The summed E-state index contributed by atoms with van der Waals surface area (Å²) < 4.78 is 38.4. The van der Waals surface area contributed by atoms with Crippen LogP contribution in [-0.4, -0.2) is 60.3 Å². The van der Waals surface area contributed by atoms with Crippen LogP contribution < -0.4 is 4.90 Å². The zero-order valence-electron chi connectivity index (χ0n) is 19.9. The highest BCUT2D eigenvalue weighted by atomic mass is 32.2. The van der Waals surface area contributed by atoms with E-state index in [1.807, 2.05) is 20.0 Å². The molecule has 184 valence electrons. The Kier molecular flexibility index (Phi) is 7.50. The van der Waals surface area contributed by atoms with Crippen LogP contribution in [0.2, 0.25) is 0 Å². The standard InChI is InChI=1S/C23H27FN4O3S.C2H6/c24-19-4-2-1-3-18(19)21-15-27(22-14-25-20(13-26-22)16-5-6-16)9-10-28(21)23(29)17-7-11-32(30,31)12-8-17;1-2/h1-4,13-14,16-17,21H,5-12,15H2;1-2H3. The molecule has 3 fully saturated rings. The molecule has 0 bridgehead atoms. The van der Waals surface area contributed by atoms with Crippen LogP contribution in [0.15, 0.2) is 36.7 Å². The molecule has 9 heteroatoms. The minimum Gasteiger partial charge on any atom is -0.351 e. The van der Waals surface area contributed by atoms with Gasteiger partial charge in [-0.05, 0) is 31.7 Å². The average molecular weight is 489 g/mol. The Labute approximate surface area is 201 Å². The van der Waals surface area contributed by atoms with Crippen LogP contribution in [-0.2, 0) is 14.6 Å². The summed E-state index contributed by atoms with van der Waals surface area (Å²) in [7, 11) is -3.06. The smallest absolute Gasteiger partial charge is 0.226 e. The second-order valence-electron chi connectivity index (χ2n) is 9.01. The molecule has 2 saturated heterocycles. The monoisotopic (exact) mass is 488 g/mol. The Morgan fingerprint density at radius 3 is 2.32 bits per heavy atom.